The third-order valence-electron chi connectivity index (χ3n) is 2.36. The second kappa shape index (κ2) is 4.26. The summed E-state index contributed by atoms with van der Waals surface area (Å²) in [4.78, 5) is 18.6. The summed E-state index contributed by atoms with van der Waals surface area (Å²) in [5, 5.41) is 0. The number of carbonyl (C=O) groups excluding carboxylic acids is 1. The minimum atomic E-state index is -0.297. The molecule has 4 heteroatoms. The molecule has 0 fully saturated rings. The number of aromatic nitrogens is 2. The number of hydrogen-bond acceptors (Lipinski definition) is 2. The van der Waals surface area contributed by atoms with Gasteiger partial charge in [-0.25, -0.2) is 9.37 Å². The average Bonchev–Trinajstić information content (AvgIpc) is 2.74. The van der Waals surface area contributed by atoms with Gasteiger partial charge in [-0.2, -0.15) is 0 Å². The van der Waals surface area contributed by atoms with Crippen LogP contribution in [0, 0.1) is 12.7 Å². The van der Waals surface area contributed by atoms with Gasteiger partial charge in [0.1, 0.15) is 11.6 Å². The van der Waals surface area contributed by atoms with Crippen molar-refractivity contribution in [1.29, 1.82) is 0 Å². The molecule has 1 aromatic heterocycles. The molecule has 0 atom stereocenters. The number of Topliss-reactive ketones (excluding diaryl/α,β-unsaturated/α-hetero) is 1. The fraction of sp³-hybridized carbons (Fsp3) is 0.167. The number of hydrogen-bond donors (Lipinski definition) is 1. The molecule has 82 valence electrons. The first-order valence-corrected chi connectivity index (χ1v) is 4.94. The van der Waals surface area contributed by atoms with Gasteiger partial charge in [0.2, 0.25) is 0 Å². The highest BCUT2D eigenvalue weighted by Crippen LogP contribution is 2.11. The maximum atomic E-state index is 13.0. The summed E-state index contributed by atoms with van der Waals surface area (Å²) in [5.74, 6) is 0.250. The molecule has 2 aromatic rings. The fourth-order valence-corrected chi connectivity index (χ4v) is 1.47. The van der Waals surface area contributed by atoms with Crippen molar-refractivity contribution in [2.24, 2.45) is 0 Å². The van der Waals surface area contributed by atoms with Crippen LogP contribution < -0.4 is 0 Å². The van der Waals surface area contributed by atoms with E-state index in [4.69, 9.17) is 0 Å². The lowest BCUT2D eigenvalue weighted by atomic mass is 10.1. The third-order valence-corrected chi connectivity index (χ3v) is 2.36. The monoisotopic (exact) mass is 218 g/mol. The standard InChI is InChI=1S/C12H11FN2O/c1-8-6-9(2-3-10(8)13)11(16)7-12-14-4-5-15-12/h2-6H,7H2,1H3,(H,14,15). The van der Waals surface area contributed by atoms with Crippen molar-refractivity contribution in [3.05, 3.63) is 53.4 Å². The van der Waals surface area contributed by atoms with Crippen molar-refractivity contribution in [3.63, 3.8) is 0 Å². The molecule has 0 aliphatic carbocycles. The van der Waals surface area contributed by atoms with E-state index in [9.17, 15) is 9.18 Å². The van der Waals surface area contributed by atoms with Gasteiger partial charge in [-0.15, -0.1) is 0 Å². The lowest BCUT2D eigenvalue weighted by Gasteiger charge is -2.01. The number of nitrogens with zero attached hydrogens (tertiary/aromatic N) is 1. The lowest BCUT2D eigenvalue weighted by molar-refractivity contribution is 0.0991. The molecule has 0 aliphatic heterocycles. The van der Waals surface area contributed by atoms with Crippen molar-refractivity contribution in [2.75, 3.05) is 0 Å². The number of rotatable bonds is 3. The zero-order valence-electron chi connectivity index (χ0n) is 8.83. The first kappa shape index (κ1) is 10.5. The molecule has 0 bridgehead atoms. The number of imidazole rings is 1. The summed E-state index contributed by atoms with van der Waals surface area (Å²) in [7, 11) is 0. The minimum absolute atomic E-state index is 0.0712. The van der Waals surface area contributed by atoms with E-state index in [0.717, 1.165) is 0 Å². The Morgan fingerprint density at radius 2 is 2.31 bits per heavy atom. The number of benzene rings is 1. The lowest BCUT2D eigenvalue weighted by Crippen LogP contribution is -2.05. The van der Waals surface area contributed by atoms with E-state index in [1.54, 1.807) is 25.4 Å². The van der Waals surface area contributed by atoms with E-state index in [-0.39, 0.29) is 18.0 Å². The SMILES string of the molecule is Cc1cc(C(=O)Cc2ncc[nH]2)ccc1F. The van der Waals surface area contributed by atoms with Crippen LogP contribution >= 0.6 is 0 Å². The molecule has 1 N–H and O–H groups in total. The number of H-pyrrole nitrogens is 1. The molecule has 0 aliphatic rings. The zero-order valence-corrected chi connectivity index (χ0v) is 8.83. The van der Waals surface area contributed by atoms with E-state index in [2.05, 4.69) is 9.97 Å². The number of aryl methyl sites for hydroxylation is 1. The summed E-state index contributed by atoms with van der Waals surface area (Å²) in [5.41, 5.74) is 0.987. The first-order valence-electron chi connectivity index (χ1n) is 4.94. The quantitative estimate of drug-likeness (QED) is 0.803. The summed E-state index contributed by atoms with van der Waals surface area (Å²) < 4.78 is 13.0. The van der Waals surface area contributed by atoms with Crippen LogP contribution in [0.5, 0.6) is 0 Å². The molecule has 2 rings (SSSR count). The molecule has 0 unspecified atom stereocenters. The first-order chi connectivity index (χ1) is 7.66. The highest BCUT2D eigenvalue weighted by Gasteiger charge is 2.09. The summed E-state index contributed by atoms with van der Waals surface area (Å²) >= 11 is 0. The Hall–Kier alpha value is -1.97. The van der Waals surface area contributed by atoms with E-state index < -0.39 is 0 Å². The highest BCUT2D eigenvalue weighted by atomic mass is 19.1. The van der Waals surface area contributed by atoms with Gasteiger partial charge >= 0.3 is 0 Å². The van der Waals surface area contributed by atoms with E-state index in [0.29, 0.717) is 17.0 Å². The van der Waals surface area contributed by atoms with Gasteiger partial charge in [-0.05, 0) is 30.7 Å². The summed E-state index contributed by atoms with van der Waals surface area (Å²) in [6, 6.07) is 4.36. The Labute approximate surface area is 92.3 Å². The van der Waals surface area contributed by atoms with Crippen LogP contribution in [0.15, 0.2) is 30.6 Å². The van der Waals surface area contributed by atoms with Crippen LogP contribution in [0.25, 0.3) is 0 Å². The molecular weight excluding hydrogens is 207 g/mol. The van der Waals surface area contributed by atoms with Crippen molar-refractivity contribution >= 4 is 5.78 Å². The van der Waals surface area contributed by atoms with Crippen LogP contribution in [0.1, 0.15) is 21.7 Å². The maximum absolute atomic E-state index is 13.0. The molecule has 0 saturated heterocycles. The molecule has 16 heavy (non-hydrogen) atoms. The van der Waals surface area contributed by atoms with Crippen LogP contribution in [0.4, 0.5) is 4.39 Å². The van der Waals surface area contributed by atoms with E-state index >= 15 is 0 Å². The predicted octanol–water partition coefficient (Wildman–Crippen LogP) is 2.28. The van der Waals surface area contributed by atoms with Gasteiger partial charge in [0.25, 0.3) is 0 Å². The predicted molar refractivity (Wildman–Crippen MR) is 57.8 cm³/mol. The highest BCUT2D eigenvalue weighted by molar-refractivity contribution is 5.97. The fourth-order valence-electron chi connectivity index (χ4n) is 1.47. The van der Waals surface area contributed by atoms with Gasteiger partial charge in [0.15, 0.2) is 5.78 Å². The normalized spacial score (nSPS) is 10.4. The molecule has 0 spiro atoms. The van der Waals surface area contributed by atoms with Crippen LogP contribution in [0.3, 0.4) is 0 Å². The number of nitrogens with one attached hydrogen (secondary N) is 1. The van der Waals surface area contributed by atoms with Crippen LogP contribution in [-0.4, -0.2) is 15.8 Å². The smallest absolute Gasteiger partial charge is 0.170 e. The molecule has 3 nitrogen and oxygen atoms in total. The third kappa shape index (κ3) is 2.16. The van der Waals surface area contributed by atoms with Gasteiger partial charge < -0.3 is 4.98 Å². The molecule has 1 heterocycles. The molecule has 0 saturated carbocycles. The van der Waals surface area contributed by atoms with Gasteiger partial charge in [-0.3, -0.25) is 4.79 Å². The second-order valence-electron chi connectivity index (χ2n) is 3.60. The Balaban J connectivity index is 2.18. The van der Waals surface area contributed by atoms with Gasteiger partial charge in [0, 0.05) is 18.0 Å². The Bertz CT molecular complexity index is 506. The Kier molecular flexibility index (Phi) is 2.81. The number of carbonyl (C=O) groups is 1. The summed E-state index contributed by atoms with van der Waals surface area (Å²) in [6.07, 6.45) is 3.47. The van der Waals surface area contributed by atoms with E-state index in [1.807, 2.05) is 0 Å². The van der Waals surface area contributed by atoms with Crippen LogP contribution in [0.2, 0.25) is 0 Å². The molecule has 0 radical (unpaired) electrons. The summed E-state index contributed by atoms with van der Waals surface area (Å²) in [6.45, 7) is 1.64. The van der Waals surface area contributed by atoms with Gasteiger partial charge in [0.05, 0.1) is 6.42 Å². The van der Waals surface area contributed by atoms with Crippen molar-refractivity contribution < 1.29 is 9.18 Å². The Morgan fingerprint density at radius 1 is 1.50 bits per heavy atom. The van der Waals surface area contributed by atoms with Crippen molar-refractivity contribution in [1.82, 2.24) is 9.97 Å². The second-order valence-corrected chi connectivity index (χ2v) is 3.60. The number of halogens is 1. The minimum Gasteiger partial charge on any atom is -0.348 e. The van der Waals surface area contributed by atoms with Crippen LogP contribution in [-0.2, 0) is 6.42 Å². The van der Waals surface area contributed by atoms with Crippen molar-refractivity contribution in [3.8, 4) is 0 Å². The average molecular weight is 218 g/mol. The number of ketones is 1. The molecular formula is C12H11FN2O. The topological polar surface area (TPSA) is 45.8 Å². The molecule has 0 amide bonds. The molecule has 1 aromatic carbocycles. The Morgan fingerprint density at radius 3 is 2.94 bits per heavy atom. The maximum Gasteiger partial charge on any atom is 0.170 e. The van der Waals surface area contributed by atoms with E-state index in [1.165, 1.54) is 12.1 Å². The van der Waals surface area contributed by atoms with Gasteiger partial charge in [-0.1, -0.05) is 0 Å². The van der Waals surface area contributed by atoms with Crippen molar-refractivity contribution in [2.45, 2.75) is 13.3 Å². The number of aromatic amines is 1. The largest absolute Gasteiger partial charge is 0.348 e. The zero-order chi connectivity index (χ0) is 11.5.